The first kappa shape index (κ1) is 19.7. The van der Waals surface area contributed by atoms with Gasteiger partial charge in [0.15, 0.2) is 0 Å². The molecule has 0 radical (unpaired) electrons. The van der Waals surface area contributed by atoms with Crippen LogP contribution in [-0.4, -0.2) is 40.4 Å². The molecule has 1 aliphatic rings. The van der Waals surface area contributed by atoms with Crippen LogP contribution < -0.4 is 5.32 Å². The number of nitrogens with one attached hydrogen (secondary N) is 1. The van der Waals surface area contributed by atoms with Crippen molar-refractivity contribution in [1.82, 2.24) is 4.90 Å². The SMILES string of the molecule is CCCc1occc1C(=O)Nc1cccc(C(=O)N2CCCCC2C(=O)O)c1. The van der Waals surface area contributed by atoms with Crippen LogP contribution in [0.4, 0.5) is 5.69 Å². The Morgan fingerprint density at radius 2 is 2.07 bits per heavy atom. The highest BCUT2D eigenvalue weighted by Crippen LogP contribution is 2.22. The average molecular weight is 384 g/mol. The summed E-state index contributed by atoms with van der Waals surface area (Å²) in [6.45, 7) is 2.42. The number of benzene rings is 1. The Morgan fingerprint density at radius 1 is 1.25 bits per heavy atom. The van der Waals surface area contributed by atoms with Gasteiger partial charge < -0.3 is 19.7 Å². The maximum Gasteiger partial charge on any atom is 0.326 e. The molecule has 3 rings (SSSR count). The van der Waals surface area contributed by atoms with Crippen LogP contribution in [-0.2, 0) is 11.2 Å². The van der Waals surface area contributed by atoms with E-state index in [0.29, 0.717) is 42.0 Å². The minimum Gasteiger partial charge on any atom is -0.480 e. The van der Waals surface area contributed by atoms with Crippen LogP contribution in [0, 0.1) is 0 Å². The molecule has 1 fully saturated rings. The molecule has 1 atom stereocenters. The molecule has 2 heterocycles. The van der Waals surface area contributed by atoms with Crippen molar-refractivity contribution in [2.45, 2.75) is 45.1 Å². The number of carbonyl (C=O) groups excluding carboxylic acids is 2. The van der Waals surface area contributed by atoms with Gasteiger partial charge in [-0.25, -0.2) is 4.79 Å². The van der Waals surface area contributed by atoms with Crippen LogP contribution in [0.25, 0.3) is 0 Å². The van der Waals surface area contributed by atoms with Gasteiger partial charge in [0.2, 0.25) is 0 Å². The lowest BCUT2D eigenvalue weighted by Gasteiger charge is -2.33. The van der Waals surface area contributed by atoms with Crippen LogP contribution >= 0.6 is 0 Å². The number of likely N-dealkylation sites (tertiary alicyclic amines) is 1. The highest BCUT2D eigenvalue weighted by atomic mass is 16.4. The summed E-state index contributed by atoms with van der Waals surface area (Å²) in [6, 6.07) is 7.39. The summed E-state index contributed by atoms with van der Waals surface area (Å²) in [5.74, 6) is -0.993. The second-order valence-electron chi connectivity index (χ2n) is 6.89. The minimum absolute atomic E-state index is 0.303. The molecule has 1 aliphatic heterocycles. The number of amides is 2. The van der Waals surface area contributed by atoms with Gasteiger partial charge in [-0.05, 0) is 49.9 Å². The molecule has 1 saturated heterocycles. The van der Waals surface area contributed by atoms with Crippen LogP contribution in [0.1, 0.15) is 59.1 Å². The molecule has 7 heteroatoms. The molecule has 2 aromatic rings. The lowest BCUT2D eigenvalue weighted by Crippen LogP contribution is -2.48. The first-order chi connectivity index (χ1) is 13.5. The van der Waals surface area contributed by atoms with Gasteiger partial charge in [-0.2, -0.15) is 0 Å². The number of carbonyl (C=O) groups is 3. The maximum absolute atomic E-state index is 12.9. The molecular formula is C21H24N2O5. The molecule has 1 aromatic carbocycles. The summed E-state index contributed by atoms with van der Waals surface area (Å²) in [5.41, 5.74) is 1.30. The van der Waals surface area contributed by atoms with Gasteiger partial charge in [-0.15, -0.1) is 0 Å². The summed E-state index contributed by atoms with van der Waals surface area (Å²) in [4.78, 5) is 38.3. The van der Waals surface area contributed by atoms with E-state index in [-0.39, 0.29) is 11.8 Å². The van der Waals surface area contributed by atoms with Gasteiger partial charge in [0.25, 0.3) is 11.8 Å². The van der Waals surface area contributed by atoms with Crippen molar-refractivity contribution in [3.05, 3.63) is 53.5 Å². The zero-order valence-electron chi connectivity index (χ0n) is 15.8. The zero-order valence-corrected chi connectivity index (χ0v) is 15.8. The van der Waals surface area contributed by atoms with E-state index < -0.39 is 12.0 Å². The topological polar surface area (TPSA) is 99.9 Å². The second-order valence-corrected chi connectivity index (χ2v) is 6.89. The van der Waals surface area contributed by atoms with Crippen molar-refractivity contribution in [3.63, 3.8) is 0 Å². The van der Waals surface area contributed by atoms with Crippen LogP contribution in [0.2, 0.25) is 0 Å². The Kier molecular flexibility index (Phi) is 6.13. The molecule has 28 heavy (non-hydrogen) atoms. The summed E-state index contributed by atoms with van der Waals surface area (Å²) in [7, 11) is 0. The van der Waals surface area contributed by atoms with Gasteiger partial charge in [-0.3, -0.25) is 9.59 Å². The minimum atomic E-state index is -0.985. The van der Waals surface area contributed by atoms with E-state index in [9.17, 15) is 19.5 Å². The molecule has 1 aromatic heterocycles. The van der Waals surface area contributed by atoms with Crippen molar-refractivity contribution in [1.29, 1.82) is 0 Å². The van der Waals surface area contributed by atoms with Crippen molar-refractivity contribution >= 4 is 23.5 Å². The molecule has 7 nitrogen and oxygen atoms in total. The smallest absolute Gasteiger partial charge is 0.326 e. The van der Waals surface area contributed by atoms with Gasteiger partial charge >= 0.3 is 5.97 Å². The van der Waals surface area contributed by atoms with Crippen molar-refractivity contribution in [2.75, 3.05) is 11.9 Å². The first-order valence-corrected chi connectivity index (χ1v) is 9.52. The molecule has 1 unspecified atom stereocenters. The van der Waals surface area contributed by atoms with E-state index >= 15 is 0 Å². The third-order valence-corrected chi connectivity index (χ3v) is 4.88. The number of carboxylic acids is 1. The molecule has 2 amide bonds. The number of carboxylic acid groups (broad SMARTS) is 1. The largest absolute Gasteiger partial charge is 0.480 e. The molecular weight excluding hydrogens is 360 g/mol. The number of hydrogen-bond donors (Lipinski definition) is 2. The van der Waals surface area contributed by atoms with Crippen LogP contribution in [0.3, 0.4) is 0 Å². The van der Waals surface area contributed by atoms with E-state index in [1.165, 1.54) is 11.2 Å². The lowest BCUT2D eigenvalue weighted by molar-refractivity contribution is -0.143. The predicted molar refractivity (Wildman–Crippen MR) is 103 cm³/mol. The Bertz CT molecular complexity index is 873. The fraction of sp³-hybridized carbons (Fsp3) is 0.381. The number of piperidine rings is 1. The molecule has 2 N–H and O–H groups in total. The highest BCUT2D eigenvalue weighted by molar-refractivity contribution is 6.06. The van der Waals surface area contributed by atoms with Crippen molar-refractivity contribution in [3.8, 4) is 0 Å². The molecule has 0 bridgehead atoms. The Labute approximate surface area is 163 Å². The fourth-order valence-corrected chi connectivity index (χ4v) is 3.49. The lowest BCUT2D eigenvalue weighted by atomic mass is 10.0. The summed E-state index contributed by atoms with van der Waals surface area (Å²) < 4.78 is 5.36. The van der Waals surface area contributed by atoms with Gasteiger partial charge in [-0.1, -0.05) is 13.0 Å². The normalized spacial score (nSPS) is 16.6. The third kappa shape index (κ3) is 4.24. The number of hydrogen-bond acceptors (Lipinski definition) is 4. The molecule has 148 valence electrons. The Hall–Kier alpha value is -3.09. The number of furan rings is 1. The predicted octanol–water partition coefficient (Wildman–Crippen LogP) is 3.56. The fourth-order valence-electron chi connectivity index (χ4n) is 3.49. The quantitative estimate of drug-likeness (QED) is 0.793. The zero-order chi connectivity index (χ0) is 20.1. The third-order valence-electron chi connectivity index (χ3n) is 4.88. The average Bonchev–Trinajstić information content (AvgIpc) is 3.16. The number of rotatable bonds is 6. The summed E-state index contributed by atoms with van der Waals surface area (Å²) >= 11 is 0. The van der Waals surface area contributed by atoms with Crippen molar-refractivity contribution in [2.24, 2.45) is 0 Å². The van der Waals surface area contributed by atoms with Gasteiger partial charge in [0.1, 0.15) is 11.8 Å². The number of aryl methyl sites for hydroxylation is 1. The Balaban J connectivity index is 1.76. The molecule has 0 saturated carbocycles. The first-order valence-electron chi connectivity index (χ1n) is 9.52. The highest BCUT2D eigenvalue weighted by Gasteiger charge is 2.32. The van der Waals surface area contributed by atoms with E-state index in [2.05, 4.69) is 5.32 Å². The standard InChI is InChI=1S/C21H24N2O5/c1-2-6-18-16(10-12-28-18)19(24)22-15-8-5-7-14(13-15)20(25)23-11-4-3-9-17(23)21(26)27/h5,7-8,10,12-13,17H,2-4,6,9,11H2,1H3,(H,22,24)(H,26,27). The van der Waals surface area contributed by atoms with Crippen LogP contribution in [0.15, 0.2) is 41.0 Å². The second kappa shape index (κ2) is 8.73. The summed E-state index contributed by atoms with van der Waals surface area (Å²) in [5, 5.41) is 12.2. The number of anilines is 1. The van der Waals surface area contributed by atoms with Crippen molar-refractivity contribution < 1.29 is 23.9 Å². The molecule has 0 aliphatic carbocycles. The summed E-state index contributed by atoms with van der Waals surface area (Å²) in [6.07, 6.45) is 5.05. The number of aliphatic carboxylic acids is 1. The Morgan fingerprint density at radius 3 is 2.82 bits per heavy atom. The molecule has 0 spiro atoms. The van der Waals surface area contributed by atoms with E-state index in [4.69, 9.17) is 4.42 Å². The van der Waals surface area contributed by atoms with Crippen LogP contribution in [0.5, 0.6) is 0 Å². The van der Waals surface area contributed by atoms with E-state index in [1.54, 1.807) is 30.3 Å². The number of nitrogens with zero attached hydrogens (tertiary/aromatic N) is 1. The maximum atomic E-state index is 12.9. The monoisotopic (exact) mass is 384 g/mol. The van der Waals surface area contributed by atoms with E-state index in [1.807, 2.05) is 6.92 Å². The van der Waals surface area contributed by atoms with E-state index in [0.717, 1.165) is 19.3 Å². The van der Waals surface area contributed by atoms with Gasteiger partial charge in [0.05, 0.1) is 11.8 Å². The van der Waals surface area contributed by atoms with Gasteiger partial charge in [0, 0.05) is 24.2 Å².